The van der Waals surface area contributed by atoms with Gasteiger partial charge in [-0.3, -0.25) is 4.79 Å². The zero-order valence-electron chi connectivity index (χ0n) is 9.32. The van der Waals surface area contributed by atoms with E-state index in [1.165, 1.54) is 0 Å². The first-order valence-corrected chi connectivity index (χ1v) is 5.33. The molecule has 1 aliphatic heterocycles. The van der Waals surface area contributed by atoms with Crippen LogP contribution in [-0.2, 0) is 0 Å². The Morgan fingerprint density at radius 3 is 2.71 bits per heavy atom. The number of nitrogens with one attached hydrogen (secondary N) is 1. The Morgan fingerprint density at radius 1 is 1.06 bits per heavy atom. The molecule has 86 valence electrons. The summed E-state index contributed by atoms with van der Waals surface area (Å²) in [6.45, 7) is 2.12. The predicted octanol–water partition coefficient (Wildman–Crippen LogP) is 2.08. The van der Waals surface area contributed by atoms with Gasteiger partial charge >= 0.3 is 0 Å². The van der Waals surface area contributed by atoms with E-state index in [0.29, 0.717) is 0 Å². The van der Waals surface area contributed by atoms with Gasteiger partial charge in [-0.05, 0) is 36.2 Å². The highest BCUT2D eigenvalue weighted by atomic mass is 16.7. The molecule has 0 amide bonds. The van der Waals surface area contributed by atoms with Gasteiger partial charge < -0.3 is 14.5 Å². The summed E-state index contributed by atoms with van der Waals surface area (Å²) in [6, 6.07) is 9.16. The lowest BCUT2D eigenvalue weighted by molar-refractivity contribution is 0.174. The lowest BCUT2D eigenvalue weighted by Gasteiger charge is -2.04. The number of aromatic amines is 1. The van der Waals surface area contributed by atoms with Gasteiger partial charge in [0, 0.05) is 11.8 Å². The second kappa shape index (κ2) is 3.66. The van der Waals surface area contributed by atoms with E-state index in [-0.39, 0.29) is 12.4 Å². The van der Waals surface area contributed by atoms with Crippen LogP contribution in [0.4, 0.5) is 0 Å². The molecule has 0 spiro atoms. The molecule has 1 N–H and O–H groups in total. The molecule has 17 heavy (non-hydrogen) atoms. The Morgan fingerprint density at radius 2 is 1.88 bits per heavy atom. The molecule has 0 saturated carbocycles. The average Bonchev–Trinajstić information content (AvgIpc) is 2.74. The molecule has 0 atom stereocenters. The van der Waals surface area contributed by atoms with E-state index in [9.17, 15) is 4.79 Å². The van der Waals surface area contributed by atoms with E-state index < -0.39 is 0 Å². The van der Waals surface area contributed by atoms with Crippen LogP contribution in [0.25, 0.3) is 11.1 Å². The monoisotopic (exact) mass is 229 g/mol. The molecule has 3 rings (SSSR count). The molecule has 0 bridgehead atoms. The fourth-order valence-electron chi connectivity index (χ4n) is 1.93. The van der Waals surface area contributed by atoms with Crippen molar-refractivity contribution in [2.75, 3.05) is 6.79 Å². The van der Waals surface area contributed by atoms with Gasteiger partial charge in [-0.25, -0.2) is 0 Å². The van der Waals surface area contributed by atoms with Crippen molar-refractivity contribution in [3.8, 4) is 22.6 Å². The summed E-state index contributed by atoms with van der Waals surface area (Å²) in [4.78, 5) is 14.1. The van der Waals surface area contributed by atoms with E-state index >= 15 is 0 Å². The van der Waals surface area contributed by atoms with Crippen molar-refractivity contribution in [2.45, 2.75) is 6.92 Å². The summed E-state index contributed by atoms with van der Waals surface area (Å²) < 4.78 is 10.6. The molecule has 0 fully saturated rings. The van der Waals surface area contributed by atoms with Gasteiger partial charge in [0.1, 0.15) is 0 Å². The highest BCUT2D eigenvalue weighted by Crippen LogP contribution is 2.35. The molecule has 4 nitrogen and oxygen atoms in total. The summed E-state index contributed by atoms with van der Waals surface area (Å²) in [5.41, 5.74) is 2.57. The van der Waals surface area contributed by atoms with E-state index in [2.05, 4.69) is 4.98 Å². The second-order valence-corrected chi connectivity index (χ2v) is 3.98. The SMILES string of the molecule is Cc1cc(-c2ccc3c(c2)OCO3)cc(=O)[nH]1. The molecular formula is C13H11NO3. The van der Waals surface area contributed by atoms with Crippen molar-refractivity contribution in [2.24, 2.45) is 0 Å². The summed E-state index contributed by atoms with van der Waals surface area (Å²) in [5, 5.41) is 0. The Bertz CT molecular complexity index is 631. The number of hydrogen-bond donors (Lipinski definition) is 1. The highest BCUT2D eigenvalue weighted by molar-refractivity contribution is 5.67. The van der Waals surface area contributed by atoms with Crippen molar-refractivity contribution < 1.29 is 9.47 Å². The molecule has 1 aromatic carbocycles. The molecule has 1 aliphatic rings. The van der Waals surface area contributed by atoms with Crippen molar-refractivity contribution >= 4 is 0 Å². The Hall–Kier alpha value is -2.23. The molecule has 0 radical (unpaired) electrons. The first-order valence-electron chi connectivity index (χ1n) is 5.33. The smallest absolute Gasteiger partial charge is 0.248 e. The molecular weight excluding hydrogens is 218 g/mol. The number of H-pyrrole nitrogens is 1. The van der Waals surface area contributed by atoms with Gasteiger partial charge in [-0.1, -0.05) is 6.07 Å². The van der Waals surface area contributed by atoms with Gasteiger partial charge in [0.2, 0.25) is 12.4 Å². The fraction of sp³-hybridized carbons (Fsp3) is 0.154. The zero-order valence-corrected chi connectivity index (χ0v) is 9.32. The van der Waals surface area contributed by atoms with Gasteiger partial charge in [0.15, 0.2) is 11.5 Å². The van der Waals surface area contributed by atoms with Crippen LogP contribution in [0.5, 0.6) is 11.5 Å². The van der Waals surface area contributed by atoms with Crippen molar-refractivity contribution in [3.05, 3.63) is 46.4 Å². The molecule has 2 aromatic rings. The first kappa shape index (κ1) is 9.96. The van der Waals surface area contributed by atoms with Gasteiger partial charge in [0.05, 0.1) is 0 Å². The number of hydrogen-bond acceptors (Lipinski definition) is 3. The van der Waals surface area contributed by atoms with Crippen LogP contribution in [-0.4, -0.2) is 11.8 Å². The van der Waals surface area contributed by atoms with Crippen molar-refractivity contribution in [1.29, 1.82) is 0 Å². The summed E-state index contributed by atoms with van der Waals surface area (Å²) in [6.07, 6.45) is 0. The minimum absolute atomic E-state index is 0.0994. The Labute approximate surface area is 97.8 Å². The van der Waals surface area contributed by atoms with Crippen LogP contribution in [0.15, 0.2) is 35.1 Å². The van der Waals surface area contributed by atoms with Gasteiger partial charge in [-0.2, -0.15) is 0 Å². The maximum Gasteiger partial charge on any atom is 0.248 e. The predicted molar refractivity (Wildman–Crippen MR) is 63.4 cm³/mol. The maximum atomic E-state index is 11.4. The summed E-state index contributed by atoms with van der Waals surface area (Å²) >= 11 is 0. The number of fused-ring (bicyclic) bond motifs is 1. The van der Waals surface area contributed by atoms with Crippen LogP contribution in [0.3, 0.4) is 0 Å². The largest absolute Gasteiger partial charge is 0.454 e. The Balaban J connectivity index is 2.12. The number of ether oxygens (including phenoxy) is 2. The van der Waals surface area contributed by atoms with Crippen LogP contribution >= 0.6 is 0 Å². The minimum atomic E-state index is -0.0994. The fourth-order valence-corrected chi connectivity index (χ4v) is 1.93. The molecule has 2 heterocycles. The average molecular weight is 229 g/mol. The third-order valence-corrected chi connectivity index (χ3v) is 2.68. The molecule has 0 unspecified atom stereocenters. The summed E-state index contributed by atoms with van der Waals surface area (Å²) in [5.74, 6) is 1.47. The lowest BCUT2D eigenvalue weighted by atomic mass is 10.1. The van der Waals surface area contributed by atoms with Gasteiger partial charge in [-0.15, -0.1) is 0 Å². The Kier molecular flexibility index (Phi) is 2.14. The zero-order chi connectivity index (χ0) is 11.8. The third kappa shape index (κ3) is 1.78. The standard InChI is InChI=1S/C13H11NO3/c1-8-4-10(6-13(15)14-8)9-2-3-11-12(5-9)17-7-16-11/h2-6H,7H2,1H3,(H,14,15). The second-order valence-electron chi connectivity index (χ2n) is 3.98. The first-order chi connectivity index (χ1) is 8.22. The van der Waals surface area contributed by atoms with E-state index in [1.54, 1.807) is 6.07 Å². The van der Waals surface area contributed by atoms with Crippen molar-refractivity contribution in [1.82, 2.24) is 4.98 Å². The number of aromatic nitrogens is 1. The van der Waals surface area contributed by atoms with E-state index in [4.69, 9.17) is 9.47 Å². The molecule has 1 aromatic heterocycles. The van der Waals surface area contributed by atoms with Crippen LogP contribution in [0.1, 0.15) is 5.69 Å². The van der Waals surface area contributed by atoms with Crippen LogP contribution in [0, 0.1) is 6.92 Å². The van der Waals surface area contributed by atoms with Crippen molar-refractivity contribution in [3.63, 3.8) is 0 Å². The topological polar surface area (TPSA) is 51.3 Å². The quantitative estimate of drug-likeness (QED) is 0.814. The summed E-state index contributed by atoms with van der Waals surface area (Å²) in [7, 11) is 0. The third-order valence-electron chi connectivity index (χ3n) is 2.68. The number of rotatable bonds is 1. The number of aryl methyl sites for hydroxylation is 1. The molecule has 0 aliphatic carbocycles. The lowest BCUT2D eigenvalue weighted by Crippen LogP contribution is -2.05. The molecule has 4 heteroatoms. The highest BCUT2D eigenvalue weighted by Gasteiger charge is 2.13. The van der Waals surface area contributed by atoms with Crippen LogP contribution in [0.2, 0.25) is 0 Å². The minimum Gasteiger partial charge on any atom is -0.454 e. The van der Waals surface area contributed by atoms with E-state index in [0.717, 1.165) is 28.3 Å². The van der Waals surface area contributed by atoms with Crippen LogP contribution < -0.4 is 15.0 Å². The normalized spacial score (nSPS) is 12.8. The number of pyridine rings is 1. The number of benzene rings is 1. The van der Waals surface area contributed by atoms with E-state index in [1.807, 2.05) is 31.2 Å². The maximum absolute atomic E-state index is 11.4. The van der Waals surface area contributed by atoms with Gasteiger partial charge in [0.25, 0.3) is 0 Å². The molecule has 0 saturated heterocycles.